The minimum atomic E-state index is -3.76. The standard InChI is InChI=1S/C19H26N2O4S2/c1-4-5-6-7-16-9-12-18(13-10-16)27(24,25)20-17-11-8-15(2)19(14-17)21-26(3,22)23/h8-14,20-21H,4-7H2,1-3H3. The third kappa shape index (κ3) is 6.55. The number of anilines is 2. The molecule has 27 heavy (non-hydrogen) atoms. The average molecular weight is 411 g/mol. The quantitative estimate of drug-likeness (QED) is 0.613. The van der Waals surface area contributed by atoms with Crippen LogP contribution in [0.1, 0.15) is 37.3 Å². The van der Waals surface area contributed by atoms with Gasteiger partial charge in [0.15, 0.2) is 0 Å². The zero-order valence-electron chi connectivity index (χ0n) is 15.8. The van der Waals surface area contributed by atoms with E-state index in [9.17, 15) is 16.8 Å². The van der Waals surface area contributed by atoms with Crippen molar-refractivity contribution in [2.24, 2.45) is 0 Å². The number of aryl methyl sites for hydroxylation is 2. The normalized spacial score (nSPS) is 12.0. The van der Waals surface area contributed by atoms with E-state index in [1.165, 1.54) is 6.07 Å². The summed E-state index contributed by atoms with van der Waals surface area (Å²) in [5.41, 5.74) is 2.43. The highest BCUT2D eigenvalue weighted by atomic mass is 32.2. The van der Waals surface area contributed by atoms with Crippen molar-refractivity contribution < 1.29 is 16.8 Å². The smallest absolute Gasteiger partial charge is 0.261 e. The second kappa shape index (κ2) is 8.75. The highest BCUT2D eigenvalue weighted by Gasteiger charge is 2.15. The molecule has 2 aromatic carbocycles. The highest BCUT2D eigenvalue weighted by molar-refractivity contribution is 7.92. The number of hydrogen-bond acceptors (Lipinski definition) is 4. The van der Waals surface area contributed by atoms with Gasteiger partial charge in [0, 0.05) is 0 Å². The summed E-state index contributed by atoms with van der Waals surface area (Å²) in [6, 6.07) is 11.6. The number of unbranched alkanes of at least 4 members (excludes halogenated alkanes) is 2. The molecule has 0 saturated heterocycles. The molecule has 0 saturated carbocycles. The van der Waals surface area contributed by atoms with Crippen molar-refractivity contribution in [3.8, 4) is 0 Å². The summed E-state index contributed by atoms with van der Waals surface area (Å²) in [4.78, 5) is 0.167. The van der Waals surface area contributed by atoms with Crippen LogP contribution in [0.3, 0.4) is 0 Å². The van der Waals surface area contributed by atoms with E-state index < -0.39 is 20.0 Å². The van der Waals surface area contributed by atoms with Crippen molar-refractivity contribution in [2.75, 3.05) is 15.7 Å². The van der Waals surface area contributed by atoms with E-state index in [4.69, 9.17) is 0 Å². The Balaban J connectivity index is 2.17. The molecule has 2 rings (SSSR count). The summed E-state index contributed by atoms with van der Waals surface area (Å²) in [5.74, 6) is 0. The SMILES string of the molecule is CCCCCc1ccc(S(=O)(=O)Nc2ccc(C)c(NS(C)(=O)=O)c2)cc1. The van der Waals surface area contributed by atoms with Crippen molar-refractivity contribution in [3.05, 3.63) is 53.6 Å². The van der Waals surface area contributed by atoms with Gasteiger partial charge >= 0.3 is 0 Å². The Morgan fingerprint density at radius 3 is 2.15 bits per heavy atom. The maximum Gasteiger partial charge on any atom is 0.261 e. The van der Waals surface area contributed by atoms with E-state index in [1.54, 1.807) is 31.2 Å². The van der Waals surface area contributed by atoms with Crippen LogP contribution in [0.25, 0.3) is 0 Å². The first-order valence-electron chi connectivity index (χ1n) is 8.81. The van der Waals surface area contributed by atoms with Crippen molar-refractivity contribution >= 4 is 31.4 Å². The van der Waals surface area contributed by atoms with Crippen molar-refractivity contribution in [2.45, 2.75) is 44.4 Å². The summed E-state index contributed by atoms with van der Waals surface area (Å²) in [5, 5.41) is 0. The number of benzene rings is 2. The number of nitrogens with one attached hydrogen (secondary N) is 2. The van der Waals surface area contributed by atoms with Gasteiger partial charge in [-0.2, -0.15) is 0 Å². The minimum absolute atomic E-state index is 0.167. The molecular formula is C19H26N2O4S2. The summed E-state index contributed by atoms with van der Waals surface area (Å²) in [7, 11) is -7.21. The van der Waals surface area contributed by atoms with Gasteiger partial charge in [0.25, 0.3) is 10.0 Å². The fourth-order valence-electron chi connectivity index (χ4n) is 2.62. The topological polar surface area (TPSA) is 92.3 Å². The zero-order chi connectivity index (χ0) is 20.1. The molecule has 6 nitrogen and oxygen atoms in total. The van der Waals surface area contributed by atoms with Crippen LogP contribution in [-0.4, -0.2) is 23.1 Å². The Kier molecular flexibility index (Phi) is 6.89. The molecule has 0 aliphatic heterocycles. The van der Waals surface area contributed by atoms with Crippen LogP contribution in [-0.2, 0) is 26.5 Å². The minimum Gasteiger partial charge on any atom is -0.283 e. The number of rotatable bonds is 9. The Labute approximate surface area is 162 Å². The van der Waals surface area contributed by atoms with E-state index in [1.807, 2.05) is 12.1 Å². The predicted molar refractivity (Wildman–Crippen MR) is 110 cm³/mol. The zero-order valence-corrected chi connectivity index (χ0v) is 17.5. The van der Waals surface area contributed by atoms with Gasteiger partial charge in [-0.3, -0.25) is 9.44 Å². The van der Waals surface area contributed by atoms with Crippen molar-refractivity contribution in [1.29, 1.82) is 0 Å². The number of sulfonamides is 2. The maximum atomic E-state index is 12.6. The van der Waals surface area contributed by atoms with Crippen LogP contribution < -0.4 is 9.44 Å². The molecule has 2 aromatic rings. The van der Waals surface area contributed by atoms with Gasteiger partial charge in [-0.1, -0.05) is 38.0 Å². The van der Waals surface area contributed by atoms with Crippen LogP contribution >= 0.6 is 0 Å². The van der Waals surface area contributed by atoms with Crippen LogP contribution in [0, 0.1) is 6.92 Å². The summed E-state index contributed by atoms with van der Waals surface area (Å²) in [6.07, 6.45) is 5.35. The first-order valence-corrected chi connectivity index (χ1v) is 12.2. The van der Waals surface area contributed by atoms with E-state index in [0.29, 0.717) is 16.9 Å². The van der Waals surface area contributed by atoms with Gasteiger partial charge < -0.3 is 0 Å². The second-order valence-electron chi connectivity index (χ2n) is 6.61. The van der Waals surface area contributed by atoms with Crippen LogP contribution in [0.4, 0.5) is 11.4 Å². The molecule has 0 heterocycles. The lowest BCUT2D eigenvalue weighted by molar-refractivity contribution is 0.600. The summed E-state index contributed by atoms with van der Waals surface area (Å²) < 4.78 is 53.0. The van der Waals surface area contributed by atoms with E-state index >= 15 is 0 Å². The van der Waals surface area contributed by atoms with E-state index in [-0.39, 0.29) is 4.90 Å². The van der Waals surface area contributed by atoms with Gasteiger partial charge in [-0.25, -0.2) is 16.8 Å². The molecule has 0 aromatic heterocycles. The van der Waals surface area contributed by atoms with Gasteiger partial charge in [-0.05, 0) is 55.2 Å². The molecule has 0 atom stereocenters. The molecule has 0 fully saturated rings. The fraction of sp³-hybridized carbons (Fsp3) is 0.368. The fourth-order valence-corrected chi connectivity index (χ4v) is 4.29. The summed E-state index contributed by atoms with van der Waals surface area (Å²) in [6.45, 7) is 3.88. The molecule has 0 radical (unpaired) electrons. The highest BCUT2D eigenvalue weighted by Crippen LogP contribution is 2.24. The van der Waals surface area contributed by atoms with E-state index in [0.717, 1.165) is 37.5 Å². The molecular weight excluding hydrogens is 384 g/mol. The lowest BCUT2D eigenvalue weighted by atomic mass is 10.1. The summed E-state index contributed by atoms with van der Waals surface area (Å²) >= 11 is 0. The molecule has 2 N–H and O–H groups in total. The first-order chi connectivity index (χ1) is 12.6. The number of hydrogen-bond donors (Lipinski definition) is 2. The second-order valence-corrected chi connectivity index (χ2v) is 10.0. The van der Waals surface area contributed by atoms with Crippen LogP contribution in [0.5, 0.6) is 0 Å². The first kappa shape index (κ1) is 21.2. The lowest BCUT2D eigenvalue weighted by Crippen LogP contribution is -2.14. The molecule has 0 aliphatic rings. The molecule has 0 bridgehead atoms. The Bertz CT molecular complexity index is 983. The van der Waals surface area contributed by atoms with E-state index in [2.05, 4.69) is 16.4 Å². The van der Waals surface area contributed by atoms with Gasteiger partial charge in [-0.15, -0.1) is 0 Å². The Morgan fingerprint density at radius 1 is 0.889 bits per heavy atom. The largest absolute Gasteiger partial charge is 0.283 e. The molecule has 0 amide bonds. The van der Waals surface area contributed by atoms with Gasteiger partial charge in [0.05, 0.1) is 22.5 Å². The molecule has 0 aliphatic carbocycles. The van der Waals surface area contributed by atoms with Crippen molar-refractivity contribution in [1.82, 2.24) is 0 Å². The Morgan fingerprint density at radius 2 is 1.56 bits per heavy atom. The third-order valence-corrected chi connectivity index (χ3v) is 6.08. The van der Waals surface area contributed by atoms with Crippen molar-refractivity contribution in [3.63, 3.8) is 0 Å². The van der Waals surface area contributed by atoms with Gasteiger partial charge in [0.1, 0.15) is 0 Å². The third-order valence-electron chi connectivity index (χ3n) is 4.09. The Hall–Kier alpha value is -2.06. The predicted octanol–water partition coefficient (Wildman–Crippen LogP) is 3.90. The monoisotopic (exact) mass is 410 g/mol. The molecule has 148 valence electrons. The molecule has 0 unspecified atom stereocenters. The average Bonchev–Trinajstić information content (AvgIpc) is 2.57. The van der Waals surface area contributed by atoms with Crippen LogP contribution in [0.2, 0.25) is 0 Å². The lowest BCUT2D eigenvalue weighted by Gasteiger charge is -2.12. The molecule has 8 heteroatoms. The van der Waals surface area contributed by atoms with Crippen LogP contribution in [0.15, 0.2) is 47.4 Å². The maximum absolute atomic E-state index is 12.6. The molecule has 0 spiro atoms. The van der Waals surface area contributed by atoms with Gasteiger partial charge in [0.2, 0.25) is 10.0 Å².